The maximum absolute atomic E-state index is 13.5. The zero-order chi connectivity index (χ0) is 13.8. The third kappa shape index (κ3) is 3.31. The van der Waals surface area contributed by atoms with Gasteiger partial charge in [-0.05, 0) is 13.0 Å². The van der Waals surface area contributed by atoms with Crippen molar-refractivity contribution >= 4 is 11.8 Å². The number of anilines is 1. The predicted octanol–water partition coefficient (Wildman–Crippen LogP) is 2.79. The van der Waals surface area contributed by atoms with Gasteiger partial charge in [0, 0.05) is 25.2 Å². The molecule has 0 spiro atoms. The first-order valence-corrected chi connectivity index (χ1v) is 5.75. The monoisotopic (exact) mass is 263 g/mol. The number of nitrogens with zero attached hydrogens (tertiary/aromatic N) is 2. The topological polar surface area (TPSA) is 58.4 Å². The number of hydrogen-bond acceptors (Lipinski definition) is 3. The van der Waals surface area contributed by atoms with Gasteiger partial charge in [-0.25, -0.2) is 9.18 Å². The molecule has 1 aromatic heterocycles. The van der Waals surface area contributed by atoms with E-state index < -0.39 is 0 Å². The summed E-state index contributed by atoms with van der Waals surface area (Å²) in [6, 6.07) is 7.56. The standard InChI is InChI=1S/C13H14FN3O2/c1-9-7-12(16-19-9)15-13(18)17(2)8-10-5-3-4-6-11(10)14/h3-7H,8H2,1-2H3,(H,15,16,18). The van der Waals surface area contributed by atoms with E-state index in [1.165, 1.54) is 11.0 Å². The van der Waals surface area contributed by atoms with Crippen LogP contribution in [0, 0.1) is 12.7 Å². The molecule has 0 saturated heterocycles. The molecule has 0 aliphatic rings. The van der Waals surface area contributed by atoms with Crippen molar-refractivity contribution in [3.8, 4) is 0 Å². The molecule has 6 heteroatoms. The van der Waals surface area contributed by atoms with Gasteiger partial charge in [-0.15, -0.1) is 0 Å². The summed E-state index contributed by atoms with van der Waals surface area (Å²) in [6.45, 7) is 1.90. The van der Waals surface area contributed by atoms with Crippen molar-refractivity contribution in [1.29, 1.82) is 0 Å². The fourth-order valence-electron chi connectivity index (χ4n) is 1.58. The lowest BCUT2D eigenvalue weighted by atomic mass is 10.2. The lowest BCUT2D eigenvalue weighted by molar-refractivity contribution is 0.220. The molecule has 0 bridgehead atoms. The van der Waals surface area contributed by atoms with Crippen molar-refractivity contribution < 1.29 is 13.7 Å². The first-order valence-electron chi connectivity index (χ1n) is 5.75. The van der Waals surface area contributed by atoms with Crippen molar-refractivity contribution in [3.05, 3.63) is 47.5 Å². The van der Waals surface area contributed by atoms with Gasteiger partial charge in [0.15, 0.2) is 5.82 Å². The summed E-state index contributed by atoms with van der Waals surface area (Å²) in [4.78, 5) is 13.2. The number of hydrogen-bond donors (Lipinski definition) is 1. The summed E-state index contributed by atoms with van der Waals surface area (Å²) in [5.74, 6) is 0.606. The summed E-state index contributed by atoms with van der Waals surface area (Å²) in [5.41, 5.74) is 0.455. The number of rotatable bonds is 3. The fourth-order valence-corrected chi connectivity index (χ4v) is 1.58. The van der Waals surface area contributed by atoms with E-state index in [2.05, 4.69) is 10.5 Å². The molecule has 0 aliphatic heterocycles. The van der Waals surface area contributed by atoms with E-state index in [0.29, 0.717) is 17.1 Å². The van der Waals surface area contributed by atoms with Gasteiger partial charge in [-0.3, -0.25) is 5.32 Å². The van der Waals surface area contributed by atoms with Gasteiger partial charge >= 0.3 is 6.03 Å². The van der Waals surface area contributed by atoms with E-state index >= 15 is 0 Å². The average Bonchev–Trinajstić information content (AvgIpc) is 2.77. The van der Waals surface area contributed by atoms with Gasteiger partial charge in [-0.2, -0.15) is 0 Å². The number of halogens is 1. The molecule has 0 saturated carbocycles. The van der Waals surface area contributed by atoms with Gasteiger partial charge in [0.25, 0.3) is 0 Å². The highest BCUT2D eigenvalue weighted by Gasteiger charge is 2.13. The van der Waals surface area contributed by atoms with Gasteiger partial charge in [-0.1, -0.05) is 23.4 Å². The molecular weight excluding hydrogens is 249 g/mol. The molecule has 2 rings (SSSR count). The van der Waals surface area contributed by atoms with Crippen LogP contribution in [0.5, 0.6) is 0 Å². The van der Waals surface area contributed by atoms with Crippen LogP contribution >= 0.6 is 0 Å². The SMILES string of the molecule is Cc1cc(NC(=O)N(C)Cc2ccccc2F)no1. The third-order valence-electron chi connectivity index (χ3n) is 2.58. The molecule has 0 aliphatic carbocycles. The van der Waals surface area contributed by atoms with Crippen LogP contribution in [0.1, 0.15) is 11.3 Å². The smallest absolute Gasteiger partial charge is 0.323 e. The molecule has 2 aromatic rings. The highest BCUT2D eigenvalue weighted by molar-refractivity contribution is 5.88. The Bertz CT molecular complexity index is 583. The summed E-state index contributed by atoms with van der Waals surface area (Å²) in [7, 11) is 1.58. The molecular formula is C13H14FN3O2. The second-order valence-electron chi connectivity index (χ2n) is 4.20. The lowest BCUT2D eigenvalue weighted by Gasteiger charge is -2.17. The third-order valence-corrected chi connectivity index (χ3v) is 2.58. The van der Waals surface area contributed by atoms with Crippen LogP contribution in [-0.4, -0.2) is 23.1 Å². The molecule has 1 aromatic carbocycles. The Balaban J connectivity index is 1.98. The molecule has 0 radical (unpaired) electrons. The zero-order valence-corrected chi connectivity index (χ0v) is 10.7. The van der Waals surface area contributed by atoms with Crippen LogP contribution < -0.4 is 5.32 Å². The van der Waals surface area contributed by atoms with Crippen LogP contribution in [-0.2, 0) is 6.54 Å². The minimum absolute atomic E-state index is 0.176. The van der Waals surface area contributed by atoms with Gasteiger partial charge in [0.05, 0.1) is 0 Å². The summed E-state index contributed by atoms with van der Waals surface area (Å²) >= 11 is 0. The second-order valence-corrected chi connectivity index (χ2v) is 4.20. The summed E-state index contributed by atoms with van der Waals surface area (Å²) in [6.07, 6.45) is 0. The molecule has 0 unspecified atom stereocenters. The van der Waals surface area contributed by atoms with E-state index in [1.54, 1.807) is 38.2 Å². The normalized spacial score (nSPS) is 10.3. The number of aromatic nitrogens is 1. The lowest BCUT2D eigenvalue weighted by Crippen LogP contribution is -2.31. The first-order chi connectivity index (χ1) is 9.06. The van der Waals surface area contributed by atoms with Crippen molar-refractivity contribution in [3.63, 3.8) is 0 Å². The van der Waals surface area contributed by atoms with E-state index in [0.717, 1.165) is 0 Å². The number of amides is 2. The maximum Gasteiger partial charge on any atom is 0.323 e. The van der Waals surface area contributed by atoms with Gasteiger partial charge in [0.2, 0.25) is 0 Å². The van der Waals surface area contributed by atoms with Crippen LogP contribution in [0.2, 0.25) is 0 Å². The van der Waals surface area contributed by atoms with Crippen molar-refractivity contribution in [2.24, 2.45) is 0 Å². The predicted molar refractivity (Wildman–Crippen MR) is 68.1 cm³/mol. The van der Waals surface area contributed by atoms with Crippen molar-refractivity contribution in [2.45, 2.75) is 13.5 Å². The Morgan fingerprint density at radius 1 is 1.47 bits per heavy atom. The number of carbonyl (C=O) groups excluding carboxylic acids is 1. The van der Waals surface area contributed by atoms with Crippen LogP contribution in [0.3, 0.4) is 0 Å². The quantitative estimate of drug-likeness (QED) is 0.926. The summed E-state index contributed by atoms with van der Waals surface area (Å²) in [5, 5.41) is 6.22. The van der Waals surface area contributed by atoms with Crippen LogP contribution in [0.15, 0.2) is 34.9 Å². The minimum atomic E-state index is -0.378. The number of carbonyl (C=O) groups is 1. The maximum atomic E-state index is 13.5. The van der Waals surface area contributed by atoms with E-state index in [4.69, 9.17) is 4.52 Å². The number of urea groups is 1. The molecule has 1 heterocycles. The molecule has 0 fully saturated rings. The molecule has 0 atom stereocenters. The summed E-state index contributed by atoms with van der Waals surface area (Å²) < 4.78 is 18.3. The Hall–Kier alpha value is -2.37. The van der Waals surface area contributed by atoms with Gasteiger partial charge < -0.3 is 9.42 Å². The van der Waals surface area contributed by atoms with Crippen molar-refractivity contribution in [1.82, 2.24) is 10.1 Å². The van der Waals surface area contributed by atoms with Crippen LogP contribution in [0.25, 0.3) is 0 Å². The Morgan fingerprint density at radius 2 is 2.21 bits per heavy atom. The highest BCUT2D eigenvalue weighted by Crippen LogP contribution is 2.11. The second kappa shape index (κ2) is 5.51. The molecule has 100 valence electrons. The Labute approximate surface area is 110 Å². The molecule has 2 amide bonds. The highest BCUT2D eigenvalue weighted by atomic mass is 19.1. The van der Waals surface area contributed by atoms with Crippen molar-refractivity contribution in [2.75, 3.05) is 12.4 Å². The number of aryl methyl sites for hydroxylation is 1. The number of nitrogens with one attached hydrogen (secondary N) is 1. The Kier molecular flexibility index (Phi) is 3.79. The average molecular weight is 263 g/mol. The van der Waals surface area contributed by atoms with E-state index in [1.807, 2.05) is 0 Å². The molecule has 19 heavy (non-hydrogen) atoms. The van der Waals surface area contributed by atoms with Gasteiger partial charge in [0.1, 0.15) is 11.6 Å². The zero-order valence-electron chi connectivity index (χ0n) is 10.7. The first kappa shape index (κ1) is 13.1. The largest absolute Gasteiger partial charge is 0.360 e. The molecule has 5 nitrogen and oxygen atoms in total. The molecule has 1 N–H and O–H groups in total. The van der Waals surface area contributed by atoms with E-state index in [-0.39, 0.29) is 18.4 Å². The van der Waals surface area contributed by atoms with E-state index in [9.17, 15) is 9.18 Å². The number of benzene rings is 1. The van der Waals surface area contributed by atoms with Crippen LogP contribution in [0.4, 0.5) is 15.0 Å². The minimum Gasteiger partial charge on any atom is -0.360 e. The Morgan fingerprint density at radius 3 is 2.84 bits per heavy atom. The fraction of sp³-hybridized carbons (Fsp3) is 0.231.